The molecule has 2 rings (SSSR count). The number of nitrogens with one attached hydrogen (secondary N) is 1. The zero-order valence-corrected chi connectivity index (χ0v) is 12.2. The highest BCUT2D eigenvalue weighted by molar-refractivity contribution is 9.10. The van der Waals surface area contributed by atoms with Gasteiger partial charge in [-0.2, -0.15) is 0 Å². The Morgan fingerprint density at radius 1 is 1.37 bits per heavy atom. The Bertz CT molecular complexity index is 577. The molecule has 0 aliphatic heterocycles. The molecule has 0 radical (unpaired) electrons. The molecule has 0 bridgehead atoms. The molecular weight excluding hydrogens is 311 g/mol. The molecule has 1 N–H and O–H groups in total. The van der Waals surface area contributed by atoms with E-state index < -0.39 is 0 Å². The number of nitrogens with zero attached hydrogens (tertiary/aromatic N) is 1. The van der Waals surface area contributed by atoms with Crippen LogP contribution in [0.3, 0.4) is 0 Å². The highest BCUT2D eigenvalue weighted by atomic mass is 79.9. The van der Waals surface area contributed by atoms with E-state index in [2.05, 4.69) is 26.2 Å². The summed E-state index contributed by atoms with van der Waals surface area (Å²) in [5.74, 6) is 0.373. The molecule has 0 aliphatic carbocycles. The van der Waals surface area contributed by atoms with Gasteiger partial charge in [-0.25, -0.2) is 4.39 Å². The van der Waals surface area contributed by atoms with E-state index in [0.717, 1.165) is 5.56 Å². The minimum atomic E-state index is -0.278. The lowest BCUT2D eigenvalue weighted by atomic mass is 10.00. The van der Waals surface area contributed by atoms with Crippen molar-refractivity contribution >= 4 is 15.9 Å². The van der Waals surface area contributed by atoms with Crippen molar-refractivity contribution in [1.29, 1.82) is 0 Å². The number of aromatic nitrogens is 1. The molecule has 2 aromatic rings. The molecule has 0 saturated carbocycles. The Labute approximate surface area is 119 Å². The van der Waals surface area contributed by atoms with Crippen LogP contribution in [-0.4, -0.2) is 19.1 Å². The van der Waals surface area contributed by atoms with Crippen molar-refractivity contribution in [3.63, 3.8) is 0 Å². The topological polar surface area (TPSA) is 34.2 Å². The second-order valence-corrected chi connectivity index (χ2v) is 4.88. The molecule has 0 spiro atoms. The van der Waals surface area contributed by atoms with Crippen molar-refractivity contribution in [2.45, 2.75) is 6.04 Å². The van der Waals surface area contributed by atoms with E-state index in [4.69, 9.17) is 4.74 Å². The van der Waals surface area contributed by atoms with E-state index in [-0.39, 0.29) is 11.9 Å². The largest absolute Gasteiger partial charge is 0.495 e. The normalized spacial score (nSPS) is 12.2. The average molecular weight is 325 g/mol. The van der Waals surface area contributed by atoms with Gasteiger partial charge in [-0.05, 0) is 40.7 Å². The number of pyridine rings is 1. The highest BCUT2D eigenvalue weighted by Gasteiger charge is 2.18. The van der Waals surface area contributed by atoms with Crippen molar-refractivity contribution in [3.8, 4) is 5.75 Å². The fourth-order valence-electron chi connectivity index (χ4n) is 1.95. The SMILES string of the molecule is CNC(c1cncc(OC)c1)c1cccc(Br)c1F. The molecule has 1 unspecified atom stereocenters. The van der Waals surface area contributed by atoms with E-state index in [9.17, 15) is 4.39 Å². The number of hydrogen-bond donors (Lipinski definition) is 1. The Hall–Kier alpha value is -1.46. The van der Waals surface area contributed by atoms with Crippen LogP contribution in [0.5, 0.6) is 5.75 Å². The van der Waals surface area contributed by atoms with Crippen LogP contribution in [0.25, 0.3) is 0 Å². The predicted molar refractivity (Wildman–Crippen MR) is 75.8 cm³/mol. The van der Waals surface area contributed by atoms with Crippen molar-refractivity contribution < 1.29 is 9.13 Å². The molecule has 19 heavy (non-hydrogen) atoms. The Morgan fingerprint density at radius 2 is 2.16 bits per heavy atom. The van der Waals surface area contributed by atoms with Crippen LogP contribution in [-0.2, 0) is 0 Å². The molecule has 100 valence electrons. The fraction of sp³-hybridized carbons (Fsp3) is 0.214. The summed E-state index contributed by atoms with van der Waals surface area (Å²) in [6.45, 7) is 0. The first kappa shape index (κ1) is 14.0. The van der Waals surface area contributed by atoms with Crippen molar-refractivity contribution in [1.82, 2.24) is 10.3 Å². The van der Waals surface area contributed by atoms with Crippen LogP contribution >= 0.6 is 15.9 Å². The van der Waals surface area contributed by atoms with Crippen molar-refractivity contribution in [3.05, 3.63) is 58.1 Å². The van der Waals surface area contributed by atoms with E-state index in [0.29, 0.717) is 15.8 Å². The number of rotatable bonds is 4. The van der Waals surface area contributed by atoms with Gasteiger partial charge in [0.05, 0.1) is 23.8 Å². The van der Waals surface area contributed by atoms with E-state index in [1.165, 1.54) is 0 Å². The van der Waals surface area contributed by atoms with E-state index in [1.54, 1.807) is 44.8 Å². The quantitative estimate of drug-likeness (QED) is 0.937. The van der Waals surface area contributed by atoms with Gasteiger partial charge in [-0.3, -0.25) is 4.98 Å². The lowest BCUT2D eigenvalue weighted by Crippen LogP contribution is -2.19. The van der Waals surface area contributed by atoms with Crippen LogP contribution in [0.1, 0.15) is 17.2 Å². The first-order chi connectivity index (χ1) is 9.17. The summed E-state index contributed by atoms with van der Waals surface area (Å²) in [5, 5.41) is 3.10. The van der Waals surface area contributed by atoms with Crippen LogP contribution in [0.2, 0.25) is 0 Å². The first-order valence-electron chi connectivity index (χ1n) is 5.77. The second kappa shape index (κ2) is 6.12. The van der Waals surface area contributed by atoms with Crippen LogP contribution in [0, 0.1) is 5.82 Å². The maximum Gasteiger partial charge on any atom is 0.142 e. The maximum absolute atomic E-state index is 14.2. The lowest BCUT2D eigenvalue weighted by Gasteiger charge is -2.18. The number of hydrogen-bond acceptors (Lipinski definition) is 3. The third-order valence-corrected chi connectivity index (χ3v) is 3.50. The minimum Gasteiger partial charge on any atom is -0.495 e. The van der Waals surface area contributed by atoms with E-state index >= 15 is 0 Å². The molecule has 1 atom stereocenters. The zero-order valence-electron chi connectivity index (χ0n) is 10.7. The van der Waals surface area contributed by atoms with Gasteiger partial charge in [-0.1, -0.05) is 12.1 Å². The smallest absolute Gasteiger partial charge is 0.142 e. The Balaban J connectivity index is 2.46. The number of halogens is 2. The summed E-state index contributed by atoms with van der Waals surface area (Å²) in [5.41, 5.74) is 1.41. The zero-order chi connectivity index (χ0) is 13.8. The molecule has 1 aromatic carbocycles. The van der Waals surface area contributed by atoms with Gasteiger partial charge in [0.1, 0.15) is 11.6 Å². The standard InChI is InChI=1S/C14H14BrFN2O/c1-17-14(9-6-10(19-2)8-18-7-9)11-4-3-5-12(15)13(11)16/h3-8,14,17H,1-2H3. The van der Waals surface area contributed by atoms with Gasteiger partial charge in [0.15, 0.2) is 0 Å². The minimum absolute atomic E-state index is 0.273. The summed E-state index contributed by atoms with van der Waals surface area (Å²) < 4.78 is 19.8. The van der Waals surface area contributed by atoms with Gasteiger partial charge in [-0.15, -0.1) is 0 Å². The molecular formula is C14H14BrFN2O. The van der Waals surface area contributed by atoms with Gasteiger partial charge >= 0.3 is 0 Å². The molecule has 0 amide bonds. The van der Waals surface area contributed by atoms with E-state index in [1.807, 2.05) is 6.07 Å². The number of methoxy groups -OCH3 is 1. The maximum atomic E-state index is 14.2. The molecule has 0 saturated heterocycles. The van der Waals surface area contributed by atoms with Crippen molar-refractivity contribution in [2.24, 2.45) is 0 Å². The Morgan fingerprint density at radius 3 is 2.84 bits per heavy atom. The average Bonchev–Trinajstić information content (AvgIpc) is 2.44. The second-order valence-electron chi connectivity index (χ2n) is 4.02. The number of ether oxygens (including phenoxy) is 1. The monoisotopic (exact) mass is 324 g/mol. The third kappa shape index (κ3) is 2.93. The van der Waals surface area contributed by atoms with Crippen LogP contribution in [0.4, 0.5) is 4.39 Å². The van der Waals surface area contributed by atoms with Crippen LogP contribution < -0.4 is 10.1 Å². The van der Waals surface area contributed by atoms with Gasteiger partial charge in [0, 0.05) is 11.8 Å². The lowest BCUT2D eigenvalue weighted by molar-refractivity contribution is 0.411. The molecule has 3 nitrogen and oxygen atoms in total. The van der Waals surface area contributed by atoms with Gasteiger partial charge in [0.25, 0.3) is 0 Å². The Kier molecular flexibility index (Phi) is 4.50. The molecule has 5 heteroatoms. The first-order valence-corrected chi connectivity index (χ1v) is 6.56. The van der Waals surface area contributed by atoms with Gasteiger partial charge < -0.3 is 10.1 Å². The molecule has 0 aliphatic rings. The summed E-state index contributed by atoms with van der Waals surface area (Å²) in [7, 11) is 3.36. The fourth-order valence-corrected chi connectivity index (χ4v) is 2.33. The van der Waals surface area contributed by atoms with Gasteiger partial charge in [0.2, 0.25) is 0 Å². The van der Waals surface area contributed by atoms with Crippen molar-refractivity contribution in [2.75, 3.05) is 14.2 Å². The summed E-state index contributed by atoms with van der Waals surface area (Å²) >= 11 is 3.20. The third-order valence-electron chi connectivity index (χ3n) is 2.88. The molecule has 1 aromatic heterocycles. The van der Waals surface area contributed by atoms with Crippen LogP contribution in [0.15, 0.2) is 41.1 Å². The molecule has 1 heterocycles. The summed E-state index contributed by atoms with van der Waals surface area (Å²) in [6.07, 6.45) is 3.32. The highest BCUT2D eigenvalue weighted by Crippen LogP contribution is 2.29. The predicted octanol–water partition coefficient (Wildman–Crippen LogP) is 3.30. The molecule has 0 fully saturated rings. The summed E-state index contributed by atoms with van der Waals surface area (Å²) in [6, 6.07) is 6.80. The summed E-state index contributed by atoms with van der Waals surface area (Å²) in [4.78, 5) is 4.10. The number of benzene rings is 1.